The minimum atomic E-state index is -0.343. The molecular weight excluding hydrogens is 390 g/mol. The molecule has 0 aromatic rings. The Morgan fingerprint density at radius 3 is 2.47 bits per heavy atom. The van der Waals surface area contributed by atoms with Gasteiger partial charge in [0.15, 0.2) is 0 Å². The number of halogens is 1. The first-order valence-corrected chi connectivity index (χ1v) is 7.40. The van der Waals surface area contributed by atoms with Crippen LogP contribution in [0.3, 0.4) is 0 Å². The van der Waals surface area contributed by atoms with Crippen molar-refractivity contribution in [2.75, 3.05) is 24.0 Å². The standard InChI is InChI=1S/C11H14FO2.Pb/c1-4-9(10(12)5-2)11(6-13-3)7-14-8-11;/h4-5H,1-3,6-8H2;/b10-9-;. The molecule has 1 aliphatic rings. The molecule has 3 radical (unpaired) electrons. The Morgan fingerprint density at radius 2 is 2.13 bits per heavy atom. The fourth-order valence-corrected chi connectivity index (χ4v) is 1.99. The molecule has 1 heterocycles. The van der Waals surface area contributed by atoms with Crippen LogP contribution in [0, 0.1) is 5.41 Å². The van der Waals surface area contributed by atoms with Crippen molar-refractivity contribution in [1.29, 1.82) is 0 Å². The maximum absolute atomic E-state index is 13.5. The van der Waals surface area contributed by atoms with Crippen LogP contribution in [0.5, 0.6) is 0 Å². The van der Waals surface area contributed by atoms with Crippen LogP contribution >= 0.6 is 0 Å². The molecule has 0 aromatic heterocycles. The van der Waals surface area contributed by atoms with E-state index in [1.54, 1.807) is 0 Å². The zero-order valence-electron chi connectivity index (χ0n) is 8.59. The molecule has 4 heteroatoms. The first-order chi connectivity index (χ1) is 7.20. The molecule has 15 heavy (non-hydrogen) atoms. The van der Waals surface area contributed by atoms with E-state index in [4.69, 9.17) is 9.47 Å². The van der Waals surface area contributed by atoms with Gasteiger partial charge < -0.3 is 0 Å². The van der Waals surface area contributed by atoms with Gasteiger partial charge in [0.05, 0.1) is 0 Å². The van der Waals surface area contributed by atoms with Crippen molar-refractivity contribution in [3.8, 4) is 0 Å². The van der Waals surface area contributed by atoms with E-state index in [2.05, 4.69) is 13.2 Å². The Morgan fingerprint density at radius 1 is 1.47 bits per heavy atom. The molecule has 0 amide bonds. The Bertz CT molecular complexity index is 282. The molecule has 0 aliphatic carbocycles. The Labute approximate surface area is 106 Å². The van der Waals surface area contributed by atoms with Crippen LogP contribution in [0.1, 0.15) is 0 Å². The van der Waals surface area contributed by atoms with Gasteiger partial charge in [-0.25, -0.2) is 0 Å². The molecule has 0 spiro atoms. The van der Waals surface area contributed by atoms with Gasteiger partial charge in [-0.3, -0.25) is 0 Å². The normalized spacial score (nSPS) is 20.1. The fourth-order valence-electron chi connectivity index (χ4n) is 1.59. The van der Waals surface area contributed by atoms with Crippen molar-refractivity contribution in [3.05, 3.63) is 36.7 Å². The number of ether oxygens (including phenoxy) is 2. The molecule has 0 unspecified atom stereocenters. The van der Waals surface area contributed by atoms with E-state index in [-0.39, 0.29) is 11.2 Å². The second-order valence-corrected chi connectivity index (χ2v) is 4.56. The summed E-state index contributed by atoms with van der Waals surface area (Å²) in [5.74, 6) is -0.328. The van der Waals surface area contributed by atoms with E-state index in [9.17, 15) is 4.39 Å². The predicted molar refractivity (Wildman–Crippen MR) is 58.4 cm³/mol. The van der Waals surface area contributed by atoms with Gasteiger partial charge in [-0.2, -0.15) is 0 Å². The van der Waals surface area contributed by atoms with E-state index in [1.165, 1.54) is 12.2 Å². The van der Waals surface area contributed by atoms with Crippen LogP contribution in [0.25, 0.3) is 0 Å². The summed E-state index contributed by atoms with van der Waals surface area (Å²) < 4.78 is 24.9. The van der Waals surface area contributed by atoms with Crippen LogP contribution in [0.2, 0.25) is 0 Å². The Kier molecular flexibility index (Phi) is 5.14. The number of hydrogen-bond donors (Lipinski definition) is 0. The Hall–Kier alpha value is -0.00792. The van der Waals surface area contributed by atoms with E-state index >= 15 is 0 Å². The van der Waals surface area contributed by atoms with Crippen molar-refractivity contribution in [2.45, 2.75) is 0 Å². The fraction of sp³-hybridized carbons (Fsp3) is 0.455. The first kappa shape index (κ1) is 13.1. The van der Waals surface area contributed by atoms with Gasteiger partial charge in [-0.15, -0.1) is 0 Å². The average Bonchev–Trinajstić information content (AvgIpc) is 2.21. The monoisotopic (exact) mass is 405 g/mol. The predicted octanol–water partition coefficient (Wildman–Crippen LogP) is 1.74. The van der Waals surface area contributed by atoms with Crippen molar-refractivity contribution in [2.24, 2.45) is 5.41 Å². The van der Waals surface area contributed by atoms with Crippen molar-refractivity contribution in [1.82, 2.24) is 0 Å². The molecule has 1 rings (SSSR count). The second-order valence-electron chi connectivity index (χ2n) is 3.44. The van der Waals surface area contributed by atoms with E-state index in [1.807, 2.05) is 0 Å². The molecule has 1 aliphatic heterocycles. The van der Waals surface area contributed by atoms with Crippen LogP contribution in [-0.2, 0) is 9.47 Å². The quantitative estimate of drug-likeness (QED) is 0.496. The molecule has 0 atom stereocenters. The summed E-state index contributed by atoms with van der Waals surface area (Å²) in [4.78, 5) is 0. The summed E-state index contributed by atoms with van der Waals surface area (Å²) in [5.41, 5.74) is 0.212. The van der Waals surface area contributed by atoms with Crippen molar-refractivity contribution >= 4 is 25.8 Å². The molecule has 1 saturated heterocycles. The topological polar surface area (TPSA) is 18.5 Å². The van der Waals surface area contributed by atoms with E-state index in [0.717, 1.165) is 29.9 Å². The maximum atomic E-state index is 13.5. The molecule has 0 saturated carbocycles. The van der Waals surface area contributed by atoms with Gasteiger partial charge in [0, 0.05) is 0 Å². The van der Waals surface area contributed by atoms with Crippen LogP contribution in [-0.4, -0.2) is 49.8 Å². The van der Waals surface area contributed by atoms with Gasteiger partial charge in [-0.05, 0) is 0 Å². The van der Waals surface area contributed by atoms with Crippen LogP contribution in [0.15, 0.2) is 36.7 Å². The summed E-state index contributed by atoms with van der Waals surface area (Å²) in [6.45, 7) is 8.56. The number of hydrogen-bond acceptors (Lipinski definition) is 2. The number of rotatable bonds is 6. The van der Waals surface area contributed by atoms with Gasteiger partial charge in [0.2, 0.25) is 0 Å². The number of allylic oxidation sites excluding steroid dienone is 3. The third-order valence-electron chi connectivity index (χ3n) is 2.45. The third kappa shape index (κ3) is 2.76. The summed E-state index contributed by atoms with van der Waals surface area (Å²) in [7, 11) is 0. The zero-order valence-corrected chi connectivity index (χ0v) is 12.5. The molecule has 0 aromatic carbocycles. The van der Waals surface area contributed by atoms with Gasteiger partial charge in [0.25, 0.3) is 0 Å². The first-order valence-electron chi connectivity index (χ1n) is 4.65. The van der Waals surface area contributed by atoms with Gasteiger partial charge in [-0.1, -0.05) is 0 Å². The minimum absolute atomic E-state index is 0.328. The Balaban J connectivity index is 2.88. The van der Waals surface area contributed by atoms with E-state index < -0.39 is 0 Å². The molecule has 81 valence electrons. The molecule has 2 nitrogen and oxygen atoms in total. The second kappa shape index (κ2) is 5.91. The summed E-state index contributed by atoms with van der Waals surface area (Å²) in [6.07, 6.45) is 2.74. The molecule has 0 N–H and O–H groups in total. The van der Waals surface area contributed by atoms with Crippen LogP contribution < -0.4 is 0 Å². The van der Waals surface area contributed by atoms with Crippen molar-refractivity contribution in [3.63, 3.8) is 0 Å². The third-order valence-corrected chi connectivity index (χ3v) is 3.24. The molecule has 1 fully saturated rings. The SMILES string of the molecule is C=C/C(F)=C(\C=C)C1(CO[CH2][Pb])COC1. The zero-order chi connectivity index (χ0) is 11.3. The molecule has 0 bridgehead atoms. The average molecular weight is 404 g/mol. The van der Waals surface area contributed by atoms with E-state index in [0.29, 0.717) is 25.4 Å². The molecular formula is C11H14FO2Pb. The summed E-state index contributed by atoms with van der Waals surface area (Å²) in [5, 5.41) is 0. The summed E-state index contributed by atoms with van der Waals surface area (Å²) >= 11 is 0.985. The van der Waals surface area contributed by atoms with Crippen LogP contribution in [0.4, 0.5) is 4.39 Å². The summed E-state index contributed by atoms with van der Waals surface area (Å²) in [6, 6.07) is 0. The van der Waals surface area contributed by atoms with Gasteiger partial charge >= 0.3 is 106 Å². The van der Waals surface area contributed by atoms with Gasteiger partial charge in [0.1, 0.15) is 0 Å². The van der Waals surface area contributed by atoms with Crippen molar-refractivity contribution < 1.29 is 13.9 Å².